The molecule has 0 fully saturated rings. The molecule has 0 spiro atoms. The maximum atomic E-state index is 9.00. The largest absolute Gasteiger partial charge is 0.457 e. The third kappa shape index (κ3) is 2.15. The summed E-state index contributed by atoms with van der Waals surface area (Å²) < 4.78 is 5.88. The predicted octanol–water partition coefficient (Wildman–Crippen LogP) is 4.09. The lowest BCUT2D eigenvalue weighted by atomic mass is 10.1. The molecule has 0 radical (unpaired) electrons. The molecule has 0 aromatic heterocycles. The van der Waals surface area contributed by atoms with Crippen LogP contribution in [0, 0.1) is 11.3 Å². The SMILES string of the molecule is N#Cc1cc(Oc2cccc3ccccc23)ccc1N. The number of nitrogens with two attached hydrogens (primary N) is 1. The lowest BCUT2D eigenvalue weighted by Gasteiger charge is -2.09. The van der Waals surface area contributed by atoms with Gasteiger partial charge < -0.3 is 10.5 Å². The van der Waals surface area contributed by atoms with Crippen LogP contribution in [-0.4, -0.2) is 0 Å². The molecule has 0 saturated carbocycles. The highest BCUT2D eigenvalue weighted by atomic mass is 16.5. The molecular weight excluding hydrogens is 248 g/mol. The average Bonchev–Trinajstić information content (AvgIpc) is 2.49. The molecule has 0 aliphatic rings. The van der Waals surface area contributed by atoms with Gasteiger partial charge in [0.15, 0.2) is 0 Å². The van der Waals surface area contributed by atoms with Crippen molar-refractivity contribution in [2.75, 3.05) is 5.73 Å². The van der Waals surface area contributed by atoms with E-state index in [1.807, 2.05) is 42.5 Å². The lowest BCUT2D eigenvalue weighted by Crippen LogP contribution is -1.92. The van der Waals surface area contributed by atoms with E-state index < -0.39 is 0 Å². The van der Waals surface area contributed by atoms with Gasteiger partial charge >= 0.3 is 0 Å². The van der Waals surface area contributed by atoms with Crippen LogP contribution in [0.1, 0.15) is 5.56 Å². The number of hydrogen-bond acceptors (Lipinski definition) is 3. The molecule has 0 unspecified atom stereocenters. The second-order valence-electron chi connectivity index (χ2n) is 4.44. The highest BCUT2D eigenvalue weighted by Crippen LogP contribution is 2.30. The Morgan fingerprint density at radius 1 is 0.950 bits per heavy atom. The second kappa shape index (κ2) is 4.94. The van der Waals surface area contributed by atoms with E-state index in [1.165, 1.54) is 0 Å². The number of nitrogen functional groups attached to an aromatic ring is 1. The first-order valence-corrected chi connectivity index (χ1v) is 6.23. The van der Waals surface area contributed by atoms with Crippen LogP contribution < -0.4 is 10.5 Å². The van der Waals surface area contributed by atoms with Crippen LogP contribution in [0.5, 0.6) is 11.5 Å². The Hall–Kier alpha value is -2.99. The van der Waals surface area contributed by atoms with Gasteiger partial charge in [-0.3, -0.25) is 0 Å². The number of hydrogen-bond donors (Lipinski definition) is 1. The Morgan fingerprint density at radius 2 is 1.75 bits per heavy atom. The van der Waals surface area contributed by atoms with Gasteiger partial charge in [0, 0.05) is 17.1 Å². The van der Waals surface area contributed by atoms with Crippen molar-refractivity contribution in [3.8, 4) is 17.6 Å². The maximum absolute atomic E-state index is 9.00. The van der Waals surface area contributed by atoms with Gasteiger partial charge in [0.25, 0.3) is 0 Å². The fourth-order valence-electron chi connectivity index (χ4n) is 2.11. The highest BCUT2D eigenvalue weighted by molar-refractivity contribution is 5.88. The van der Waals surface area contributed by atoms with Crippen molar-refractivity contribution < 1.29 is 4.74 Å². The van der Waals surface area contributed by atoms with Gasteiger partial charge in [-0.1, -0.05) is 36.4 Å². The van der Waals surface area contributed by atoms with Crippen LogP contribution in [0.3, 0.4) is 0 Å². The standard InChI is InChI=1S/C17H12N2O/c18-11-13-10-14(8-9-16(13)19)20-17-7-3-5-12-4-1-2-6-15(12)17/h1-10H,19H2. The number of rotatable bonds is 2. The summed E-state index contributed by atoms with van der Waals surface area (Å²) in [7, 11) is 0. The molecule has 0 amide bonds. The van der Waals surface area contributed by atoms with Crippen molar-refractivity contribution >= 4 is 16.5 Å². The van der Waals surface area contributed by atoms with Gasteiger partial charge in [-0.25, -0.2) is 0 Å². The minimum Gasteiger partial charge on any atom is -0.457 e. The molecule has 2 N–H and O–H groups in total. The topological polar surface area (TPSA) is 59.0 Å². The molecule has 0 aliphatic carbocycles. The highest BCUT2D eigenvalue weighted by Gasteiger charge is 2.05. The van der Waals surface area contributed by atoms with Crippen molar-refractivity contribution in [1.82, 2.24) is 0 Å². The third-order valence-corrected chi connectivity index (χ3v) is 3.12. The maximum Gasteiger partial charge on any atom is 0.135 e. The summed E-state index contributed by atoms with van der Waals surface area (Å²) in [4.78, 5) is 0. The minimum absolute atomic E-state index is 0.419. The number of benzene rings is 3. The molecule has 0 aliphatic heterocycles. The van der Waals surface area contributed by atoms with Crippen LogP contribution in [-0.2, 0) is 0 Å². The Balaban J connectivity index is 2.04. The molecule has 0 atom stereocenters. The summed E-state index contributed by atoms with van der Waals surface area (Å²) in [5, 5.41) is 11.1. The second-order valence-corrected chi connectivity index (χ2v) is 4.44. The van der Waals surface area contributed by atoms with Crippen LogP contribution in [0.15, 0.2) is 60.7 Å². The summed E-state index contributed by atoms with van der Waals surface area (Å²) in [6.07, 6.45) is 0. The molecule has 20 heavy (non-hydrogen) atoms. The minimum atomic E-state index is 0.419. The van der Waals surface area contributed by atoms with E-state index in [-0.39, 0.29) is 0 Å². The fraction of sp³-hybridized carbons (Fsp3) is 0. The predicted molar refractivity (Wildman–Crippen MR) is 79.6 cm³/mol. The summed E-state index contributed by atoms with van der Waals surface area (Å²) >= 11 is 0. The van der Waals surface area contributed by atoms with E-state index in [1.54, 1.807) is 18.2 Å². The van der Waals surface area contributed by atoms with E-state index in [0.29, 0.717) is 17.0 Å². The molecule has 3 aromatic carbocycles. The quantitative estimate of drug-likeness (QED) is 0.706. The van der Waals surface area contributed by atoms with Gasteiger partial charge in [0.1, 0.15) is 17.6 Å². The Bertz CT molecular complexity index is 813. The van der Waals surface area contributed by atoms with Crippen LogP contribution >= 0.6 is 0 Å². The number of nitrogens with zero attached hydrogens (tertiary/aromatic N) is 1. The Morgan fingerprint density at radius 3 is 2.60 bits per heavy atom. The van der Waals surface area contributed by atoms with Gasteiger partial charge in [-0.05, 0) is 23.6 Å². The lowest BCUT2D eigenvalue weighted by molar-refractivity contribution is 0.488. The normalized spacial score (nSPS) is 10.2. The number of anilines is 1. The van der Waals surface area contributed by atoms with E-state index in [0.717, 1.165) is 16.5 Å². The van der Waals surface area contributed by atoms with E-state index in [2.05, 4.69) is 6.07 Å². The van der Waals surface area contributed by atoms with E-state index in [9.17, 15) is 0 Å². The Labute approximate surface area is 116 Å². The summed E-state index contributed by atoms with van der Waals surface area (Å²) in [6.45, 7) is 0. The van der Waals surface area contributed by atoms with Crippen molar-refractivity contribution in [1.29, 1.82) is 5.26 Å². The summed E-state index contributed by atoms with van der Waals surface area (Å²) in [6, 6.07) is 21.0. The van der Waals surface area contributed by atoms with E-state index >= 15 is 0 Å². The number of nitriles is 1. The van der Waals surface area contributed by atoms with Crippen molar-refractivity contribution in [3.63, 3.8) is 0 Å². The zero-order chi connectivity index (χ0) is 13.9. The first kappa shape index (κ1) is 12.1. The first-order chi connectivity index (χ1) is 9.78. The third-order valence-electron chi connectivity index (χ3n) is 3.12. The molecule has 3 aromatic rings. The van der Waals surface area contributed by atoms with Crippen LogP contribution in [0.4, 0.5) is 5.69 Å². The Kier molecular flexibility index (Phi) is 2.98. The fourth-order valence-corrected chi connectivity index (χ4v) is 2.11. The first-order valence-electron chi connectivity index (χ1n) is 6.23. The smallest absolute Gasteiger partial charge is 0.135 e. The molecular formula is C17H12N2O. The molecule has 3 heteroatoms. The molecule has 0 heterocycles. The van der Waals surface area contributed by atoms with Gasteiger partial charge in [0.2, 0.25) is 0 Å². The molecule has 0 bridgehead atoms. The number of ether oxygens (including phenoxy) is 1. The van der Waals surface area contributed by atoms with Gasteiger partial charge in [0.05, 0.1) is 5.56 Å². The molecule has 3 rings (SSSR count). The summed E-state index contributed by atoms with van der Waals surface area (Å²) in [5.74, 6) is 1.36. The van der Waals surface area contributed by atoms with Crippen molar-refractivity contribution in [2.45, 2.75) is 0 Å². The molecule has 96 valence electrons. The monoisotopic (exact) mass is 260 g/mol. The van der Waals surface area contributed by atoms with Gasteiger partial charge in [-0.2, -0.15) is 5.26 Å². The number of fused-ring (bicyclic) bond motifs is 1. The zero-order valence-electron chi connectivity index (χ0n) is 10.7. The van der Waals surface area contributed by atoms with Crippen LogP contribution in [0.25, 0.3) is 10.8 Å². The van der Waals surface area contributed by atoms with Crippen molar-refractivity contribution in [3.05, 3.63) is 66.2 Å². The summed E-state index contributed by atoms with van der Waals surface area (Å²) in [5.41, 5.74) is 6.58. The average molecular weight is 260 g/mol. The zero-order valence-corrected chi connectivity index (χ0v) is 10.7. The van der Waals surface area contributed by atoms with Crippen LogP contribution in [0.2, 0.25) is 0 Å². The molecule has 3 nitrogen and oxygen atoms in total. The molecule has 0 saturated heterocycles. The van der Waals surface area contributed by atoms with Gasteiger partial charge in [-0.15, -0.1) is 0 Å². The van der Waals surface area contributed by atoms with E-state index in [4.69, 9.17) is 15.7 Å². The van der Waals surface area contributed by atoms with Crippen molar-refractivity contribution in [2.24, 2.45) is 0 Å².